The number of carbonyl (C=O) groups excluding carboxylic acids is 1. The van der Waals surface area contributed by atoms with Gasteiger partial charge >= 0.3 is 5.97 Å². The highest BCUT2D eigenvalue weighted by Crippen LogP contribution is 2.19. The Hall–Kier alpha value is -3.78. The average molecular weight is 344 g/mol. The molecular weight excluding hydrogens is 331 g/mol. The smallest absolute Gasteiger partial charge is 0.343 e. The minimum Gasteiger partial charge on any atom is -0.423 e. The summed E-state index contributed by atoms with van der Waals surface area (Å²) in [5, 5.41) is 8.76. The largest absolute Gasteiger partial charge is 0.423 e. The number of ether oxygens (including phenoxy) is 1. The molecule has 4 nitrogen and oxygen atoms in total. The summed E-state index contributed by atoms with van der Waals surface area (Å²) in [5.41, 5.74) is 2.29. The van der Waals surface area contributed by atoms with Crippen LogP contribution in [-0.2, 0) is 0 Å². The van der Waals surface area contributed by atoms with Crippen LogP contribution in [0.1, 0.15) is 21.5 Å². The van der Waals surface area contributed by atoms with Crippen molar-refractivity contribution in [3.8, 4) is 11.8 Å². The highest BCUT2D eigenvalue weighted by Gasteiger charge is 2.08. The summed E-state index contributed by atoms with van der Waals surface area (Å²) in [6.45, 7) is 0. The van der Waals surface area contributed by atoms with Gasteiger partial charge in [0.2, 0.25) is 0 Å². The number of esters is 1. The molecule has 0 aliphatic carbocycles. The van der Waals surface area contributed by atoms with Crippen molar-refractivity contribution in [1.29, 1.82) is 5.26 Å². The second-order valence-corrected chi connectivity index (χ2v) is 5.38. The standard InChI is InChI=1S/C21H13FN2O2/c22-18-7-3-16(4-8-18)14-24-19-9-11-20(12-10-19)26-21(25)17-5-1-15(13-23)2-6-17/h1-12,14H. The van der Waals surface area contributed by atoms with Crippen LogP contribution in [0.4, 0.5) is 10.1 Å². The van der Waals surface area contributed by atoms with Gasteiger partial charge in [-0.05, 0) is 66.2 Å². The van der Waals surface area contributed by atoms with Gasteiger partial charge in [-0.15, -0.1) is 0 Å². The molecule has 126 valence electrons. The summed E-state index contributed by atoms with van der Waals surface area (Å²) >= 11 is 0. The third-order valence-electron chi connectivity index (χ3n) is 3.53. The molecule has 0 heterocycles. The van der Waals surface area contributed by atoms with Crippen molar-refractivity contribution in [2.45, 2.75) is 0 Å². The van der Waals surface area contributed by atoms with Crippen LogP contribution in [-0.4, -0.2) is 12.2 Å². The lowest BCUT2D eigenvalue weighted by molar-refractivity contribution is 0.0735. The lowest BCUT2D eigenvalue weighted by Gasteiger charge is -2.04. The van der Waals surface area contributed by atoms with E-state index in [0.29, 0.717) is 22.6 Å². The minimum absolute atomic E-state index is 0.296. The maximum atomic E-state index is 12.9. The highest BCUT2D eigenvalue weighted by atomic mass is 19.1. The van der Waals surface area contributed by atoms with E-state index in [-0.39, 0.29) is 5.82 Å². The Morgan fingerprint density at radius 3 is 2.23 bits per heavy atom. The number of nitriles is 1. The van der Waals surface area contributed by atoms with Crippen molar-refractivity contribution in [2.75, 3.05) is 0 Å². The Balaban J connectivity index is 1.64. The monoisotopic (exact) mass is 344 g/mol. The molecule has 3 aromatic rings. The molecule has 0 fully saturated rings. The third kappa shape index (κ3) is 4.40. The molecule has 0 radical (unpaired) electrons. The molecular formula is C21H13FN2O2. The Bertz CT molecular complexity index is 971. The molecule has 0 aliphatic heterocycles. The van der Waals surface area contributed by atoms with Crippen molar-refractivity contribution >= 4 is 17.9 Å². The zero-order chi connectivity index (χ0) is 18.4. The fourth-order valence-electron chi connectivity index (χ4n) is 2.14. The quantitative estimate of drug-likeness (QED) is 0.393. The van der Waals surface area contributed by atoms with Crippen LogP contribution in [0.2, 0.25) is 0 Å². The molecule has 0 unspecified atom stereocenters. The van der Waals surface area contributed by atoms with Crippen LogP contribution in [0.5, 0.6) is 5.75 Å². The van der Waals surface area contributed by atoms with Gasteiger partial charge < -0.3 is 4.74 Å². The van der Waals surface area contributed by atoms with E-state index in [1.54, 1.807) is 66.9 Å². The van der Waals surface area contributed by atoms with Crippen LogP contribution in [0, 0.1) is 17.1 Å². The first-order chi connectivity index (χ1) is 12.6. The maximum absolute atomic E-state index is 12.9. The molecule has 0 atom stereocenters. The molecule has 3 aromatic carbocycles. The molecule has 3 rings (SSSR count). The molecule has 5 heteroatoms. The van der Waals surface area contributed by atoms with Crippen molar-refractivity contribution in [3.63, 3.8) is 0 Å². The van der Waals surface area contributed by atoms with Crippen LogP contribution < -0.4 is 4.74 Å². The Morgan fingerprint density at radius 1 is 0.962 bits per heavy atom. The van der Waals surface area contributed by atoms with Gasteiger partial charge in [0.25, 0.3) is 0 Å². The van der Waals surface area contributed by atoms with E-state index < -0.39 is 5.97 Å². The van der Waals surface area contributed by atoms with Gasteiger partial charge in [0.05, 0.1) is 22.9 Å². The molecule has 0 saturated carbocycles. The van der Waals surface area contributed by atoms with E-state index in [9.17, 15) is 9.18 Å². The van der Waals surface area contributed by atoms with Gasteiger partial charge in [-0.1, -0.05) is 12.1 Å². The van der Waals surface area contributed by atoms with Crippen LogP contribution in [0.25, 0.3) is 0 Å². The first kappa shape index (κ1) is 17.1. The predicted octanol–water partition coefficient (Wildman–Crippen LogP) is 4.67. The number of benzene rings is 3. The lowest BCUT2D eigenvalue weighted by atomic mass is 10.1. The molecule has 0 aromatic heterocycles. The van der Waals surface area contributed by atoms with E-state index in [2.05, 4.69) is 4.99 Å². The molecule has 26 heavy (non-hydrogen) atoms. The van der Waals surface area contributed by atoms with Crippen LogP contribution >= 0.6 is 0 Å². The Kier molecular flexibility index (Phi) is 5.16. The zero-order valence-electron chi connectivity index (χ0n) is 13.6. The SMILES string of the molecule is N#Cc1ccc(C(=O)Oc2ccc(N=Cc3ccc(F)cc3)cc2)cc1. The van der Waals surface area contributed by atoms with E-state index in [1.807, 2.05) is 6.07 Å². The van der Waals surface area contributed by atoms with Crippen molar-refractivity contribution < 1.29 is 13.9 Å². The average Bonchev–Trinajstić information content (AvgIpc) is 2.68. The highest BCUT2D eigenvalue weighted by molar-refractivity contribution is 5.91. The number of aliphatic imine (C=N–C) groups is 1. The van der Waals surface area contributed by atoms with E-state index in [4.69, 9.17) is 10.00 Å². The number of hydrogen-bond acceptors (Lipinski definition) is 4. The summed E-state index contributed by atoms with van der Waals surface area (Å²) in [5.74, 6) is -0.410. The number of carbonyl (C=O) groups is 1. The number of halogens is 1. The maximum Gasteiger partial charge on any atom is 0.343 e. The van der Waals surface area contributed by atoms with Crippen molar-refractivity contribution in [3.05, 3.63) is 95.3 Å². The summed E-state index contributed by atoms with van der Waals surface area (Å²) in [4.78, 5) is 16.4. The van der Waals surface area contributed by atoms with Crippen molar-refractivity contribution in [2.24, 2.45) is 4.99 Å². The van der Waals surface area contributed by atoms with Crippen molar-refractivity contribution in [1.82, 2.24) is 0 Å². The fraction of sp³-hybridized carbons (Fsp3) is 0. The molecule has 0 aliphatic rings. The first-order valence-electron chi connectivity index (χ1n) is 7.76. The van der Waals surface area contributed by atoms with E-state index in [1.165, 1.54) is 12.1 Å². The summed E-state index contributed by atoms with van der Waals surface area (Å²) in [6, 6.07) is 20.9. The lowest BCUT2D eigenvalue weighted by Crippen LogP contribution is -2.08. The molecule has 0 bridgehead atoms. The van der Waals surface area contributed by atoms with Gasteiger partial charge in [-0.2, -0.15) is 5.26 Å². The predicted molar refractivity (Wildman–Crippen MR) is 96.2 cm³/mol. The number of rotatable bonds is 4. The number of nitrogens with zero attached hydrogens (tertiary/aromatic N) is 2. The van der Waals surface area contributed by atoms with E-state index in [0.717, 1.165) is 5.56 Å². The van der Waals surface area contributed by atoms with Gasteiger partial charge in [0, 0.05) is 6.21 Å². The topological polar surface area (TPSA) is 62.5 Å². The number of hydrogen-bond donors (Lipinski definition) is 0. The molecule has 0 N–H and O–H groups in total. The second kappa shape index (κ2) is 7.86. The first-order valence-corrected chi connectivity index (χ1v) is 7.76. The third-order valence-corrected chi connectivity index (χ3v) is 3.53. The minimum atomic E-state index is -0.503. The van der Waals surface area contributed by atoms with Crippen LogP contribution in [0.3, 0.4) is 0 Å². The molecule has 0 spiro atoms. The van der Waals surface area contributed by atoms with Gasteiger partial charge in [0.15, 0.2) is 0 Å². The normalized spacial score (nSPS) is 10.5. The van der Waals surface area contributed by atoms with Gasteiger partial charge in [-0.25, -0.2) is 9.18 Å². The van der Waals surface area contributed by atoms with E-state index >= 15 is 0 Å². The molecule has 0 saturated heterocycles. The van der Waals surface area contributed by atoms with Gasteiger partial charge in [-0.3, -0.25) is 4.99 Å². The fourth-order valence-corrected chi connectivity index (χ4v) is 2.14. The van der Waals surface area contributed by atoms with Crippen LogP contribution in [0.15, 0.2) is 77.8 Å². The summed E-state index contributed by atoms with van der Waals surface area (Å²) in [6.07, 6.45) is 1.62. The molecule has 0 amide bonds. The Morgan fingerprint density at radius 2 is 1.62 bits per heavy atom. The zero-order valence-corrected chi connectivity index (χ0v) is 13.6. The summed E-state index contributed by atoms with van der Waals surface area (Å²) < 4.78 is 18.1. The summed E-state index contributed by atoms with van der Waals surface area (Å²) in [7, 11) is 0. The second-order valence-electron chi connectivity index (χ2n) is 5.38. The Labute approximate surface area is 149 Å². The van der Waals surface area contributed by atoms with Gasteiger partial charge in [0.1, 0.15) is 11.6 Å².